The van der Waals surface area contributed by atoms with Gasteiger partial charge in [-0.3, -0.25) is 0 Å². The molecule has 0 saturated carbocycles. The first-order valence-electron chi connectivity index (χ1n) is 6.06. The van der Waals surface area contributed by atoms with Crippen LogP contribution in [0.5, 0.6) is 0 Å². The van der Waals surface area contributed by atoms with Gasteiger partial charge in [0.2, 0.25) is 5.95 Å². The Morgan fingerprint density at radius 2 is 2.25 bits per heavy atom. The number of anilines is 1. The van der Waals surface area contributed by atoms with Crippen LogP contribution >= 0.6 is 0 Å². The first kappa shape index (κ1) is 10.0. The van der Waals surface area contributed by atoms with Crippen LogP contribution in [-0.4, -0.2) is 50.3 Å². The number of piperidine rings is 1. The summed E-state index contributed by atoms with van der Waals surface area (Å²) in [7, 11) is 1.87. The van der Waals surface area contributed by atoms with Crippen LogP contribution in [0.25, 0.3) is 0 Å². The summed E-state index contributed by atoms with van der Waals surface area (Å²) in [5, 5.41) is 14.9. The number of hydrogen-bond donors (Lipinski definition) is 1. The molecule has 0 radical (unpaired) electrons. The molecule has 6 nitrogen and oxygen atoms in total. The third-order valence-corrected chi connectivity index (χ3v) is 3.77. The lowest BCUT2D eigenvalue weighted by atomic mass is 9.98. The van der Waals surface area contributed by atoms with Gasteiger partial charge in [-0.05, 0) is 42.7 Å². The zero-order chi connectivity index (χ0) is 11.0. The summed E-state index contributed by atoms with van der Waals surface area (Å²) >= 11 is 0. The Morgan fingerprint density at radius 1 is 1.31 bits per heavy atom. The second kappa shape index (κ2) is 4.01. The minimum absolute atomic E-state index is 0.532. The van der Waals surface area contributed by atoms with E-state index in [1.807, 2.05) is 7.05 Å². The van der Waals surface area contributed by atoms with E-state index >= 15 is 0 Å². The molecule has 0 spiro atoms. The number of tetrazole rings is 1. The van der Waals surface area contributed by atoms with E-state index in [9.17, 15) is 0 Å². The van der Waals surface area contributed by atoms with Crippen molar-refractivity contribution in [1.29, 1.82) is 0 Å². The van der Waals surface area contributed by atoms with Gasteiger partial charge in [0, 0.05) is 25.7 Å². The van der Waals surface area contributed by atoms with Crippen LogP contribution in [0.1, 0.15) is 25.7 Å². The molecule has 16 heavy (non-hydrogen) atoms. The third-order valence-electron chi connectivity index (χ3n) is 3.77. The summed E-state index contributed by atoms with van der Waals surface area (Å²) in [6.45, 7) is 2.51. The number of hydrogen-bond acceptors (Lipinski definition) is 5. The van der Waals surface area contributed by atoms with Gasteiger partial charge < -0.3 is 10.2 Å². The molecule has 88 valence electrons. The van der Waals surface area contributed by atoms with Crippen LogP contribution in [0.3, 0.4) is 0 Å². The van der Waals surface area contributed by atoms with Crippen LogP contribution in [0, 0.1) is 0 Å². The molecule has 2 aliphatic rings. The summed E-state index contributed by atoms with van der Waals surface area (Å²) in [5.41, 5.74) is 0. The molecular weight excluding hydrogens is 204 g/mol. The van der Waals surface area contributed by atoms with Crippen molar-refractivity contribution in [3.63, 3.8) is 0 Å². The number of nitrogens with zero attached hydrogens (tertiary/aromatic N) is 5. The van der Waals surface area contributed by atoms with Gasteiger partial charge in [0.1, 0.15) is 0 Å². The van der Waals surface area contributed by atoms with E-state index in [0.717, 1.165) is 12.0 Å². The van der Waals surface area contributed by atoms with Crippen LogP contribution < -0.4 is 5.32 Å². The van der Waals surface area contributed by atoms with Gasteiger partial charge >= 0.3 is 0 Å². The van der Waals surface area contributed by atoms with Crippen molar-refractivity contribution in [2.75, 3.05) is 18.4 Å². The zero-order valence-corrected chi connectivity index (χ0v) is 9.63. The van der Waals surface area contributed by atoms with Gasteiger partial charge in [0.15, 0.2) is 0 Å². The quantitative estimate of drug-likeness (QED) is 0.777. The van der Waals surface area contributed by atoms with Crippen LogP contribution in [-0.2, 0) is 7.05 Å². The van der Waals surface area contributed by atoms with Gasteiger partial charge in [-0.2, -0.15) is 0 Å². The normalized spacial score (nSPS) is 30.3. The summed E-state index contributed by atoms with van der Waals surface area (Å²) in [6, 6.07) is 1.32. The van der Waals surface area contributed by atoms with Gasteiger partial charge in [0.05, 0.1) is 0 Å². The Bertz CT molecular complexity index is 362. The average molecular weight is 222 g/mol. The number of nitrogens with one attached hydrogen (secondary N) is 1. The molecule has 2 atom stereocenters. The number of fused-ring (bicyclic) bond motifs is 1. The van der Waals surface area contributed by atoms with Crippen molar-refractivity contribution < 1.29 is 0 Å². The van der Waals surface area contributed by atoms with E-state index in [1.165, 1.54) is 38.8 Å². The molecule has 0 aliphatic carbocycles. The Labute approximate surface area is 95.0 Å². The highest BCUT2D eigenvalue weighted by atomic mass is 15.6. The molecule has 1 aromatic rings. The highest BCUT2D eigenvalue weighted by Crippen LogP contribution is 2.27. The fourth-order valence-corrected chi connectivity index (χ4v) is 2.89. The zero-order valence-electron chi connectivity index (χ0n) is 9.63. The highest BCUT2D eigenvalue weighted by Gasteiger charge is 2.31. The summed E-state index contributed by atoms with van der Waals surface area (Å²) in [6.07, 6.45) is 5.15. The maximum absolute atomic E-state index is 3.97. The van der Waals surface area contributed by atoms with Gasteiger partial charge in [-0.15, -0.1) is 0 Å². The van der Waals surface area contributed by atoms with Crippen molar-refractivity contribution in [2.45, 2.75) is 37.8 Å². The molecule has 1 N–H and O–H groups in total. The number of rotatable bonds is 2. The lowest BCUT2D eigenvalue weighted by molar-refractivity contribution is 0.187. The molecule has 3 rings (SSSR count). The molecule has 6 heteroatoms. The molecule has 2 saturated heterocycles. The number of aromatic nitrogens is 4. The maximum Gasteiger partial charge on any atom is 0.242 e. The minimum Gasteiger partial charge on any atom is -0.350 e. The van der Waals surface area contributed by atoms with Crippen molar-refractivity contribution in [3.8, 4) is 0 Å². The molecule has 1 aromatic heterocycles. The smallest absolute Gasteiger partial charge is 0.242 e. The Morgan fingerprint density at radius 3 is 3.06 bits per heavy atom. The second-order valence-corrected chi connectivity index (χ2v) is 4.82. The first-order chi connectivity index (χ1) is 7.83. The Balaban J connectivity index is 1.62. The predicted molar refractivity (Wildman–Crippen MR) is 60.0 cm³/mol. The fourth-order valence-electron chi connectivity index (χ4n) is 2.89. The lowest BCUT2D eigenvalue weighted by Gasteiger charge is -2.35. The molecule has 2 aliphatic heterocycles. The van der Waals surface area contributed by atoms with E-state index in [1.54, 1.807) is 4.68 Å². The van der Waals surface area contributed by atoms with Crippen molar-refractivity contribution >= 4 is 5.95 Å². The van der Waals surface area contributed by atoms with E-state index in [-0.39, 0.29) is 0 Å². The molecule has 2 fully saturated rings. The Hall–Kier alpha value is -1.17. The second-order valence-electron chi connectivity index (χ2n) is 4.82. The van der Waals surface area contributed by atoms with Crippen molar-refractivity contribution in [1.82, 2.24) is 25.1 Å². The van der Waals surface area contributed by atoms with E-state index in [4.69, 9.17) is 0 Å². The number of aryl methyl sites for hydroxylation is 1. The van der Waals surface area contributed by atoms with Crippen LogP contribution in [0.4, 0.5) is 5.95 Å². The predicted octanol–water partition coefficient (Wildman–Crippen LogP) is 0.249. The molecule has 3 heterocycles. The average Bonchev–Trinajstić information content (AvgIpc) is 2.88. The van der Waals surface area contributed by atoms with Crippen LogP contribution in [0.2, 0.25) is 0 Å². The molecule has 0 amide bonds. The molecule has 0 bridgehead atoms. The Kier molecular flexibility index (Phi) is 2.51. The summed E-state index contributed by atoms with van der Waals surface area (Å²) < 4.78 is 1.70. The van der Waals surface area contributed by atoms with E-state index in [0.29, 0.717) is 6.04 Å². The highest BCUT2D eigenvalue weighted by molar-refractivity contribution is 5.23. The molecule has 2 unspecified atom stereocenters. The van der Waals surface area contributed by atoms with Gasteiger partial charge in [-0.25, -0.2) is 4.68 Å². The third kappa shape index (κ3) is 1.77. The maximum atomic E-state index is 3.97. The van der Waals surface area contributed by atoms with E-state index in [2.05, 4.69) is 25.7 Å². The standard InChI is InChI=1S/C10H18N6/c1-15-10(12-13-14-15)11-8-4-6-16-5-2-3-9(16)7-8/h8-9H,2-7H2,1H3,(H,11,12,14). The van der Waals surface area contributed by atoms with Gasteiger partial charge in [0.25, 0.3) is 0 Å². The largest absolute Gasteiger partial charge is 0.350 e. The fraction of sp³-hybridized carbons (Fsp3) is 0.900. The summed E-state index contributed by atoms with van der Waals surface area (Å²) in [5.74, 6) is 0.788. The topological polar surface area (TPSA) is 58.9 Å². The van der Waals surface area contributed by atoms with Crippen molar-refractivity contribution in [3.05, 3.63) is 0 Å². The SMILES string of the molecule is Cn1nnnc1NC1CCN2CCCC2C1. The molecular formula is C10H18N6. The minimum atomic E-state index is 0.532. The molecule has 0 aromatic carbocycles. The van der Waals surface area contributed by atoms with Crippen molar-refractivity contribution in [2.24, 2.45) is 7.05 Å². The lowest BCUT2D eigenvalue weighted by Crippen LogP contribution is -2.43. The monoisotopic (exact) mass is 222 g/mol. The first-order valence-corrected chi connectivity index (χ1v) is 6.06. The van der Waals surface area contributed by atoms with Crippen LogP contribution in [0.15, 0.2) is 0 Å². The van der Waals surface area contributed by atoms with E-state index < -0.39 is 0 Å². The van der Waals surface area contributed by atoms with Gasteiger partial charge in [-0.1, -0.05) is 5.10 Å². The summed E-state index contributed by atoms with van der Waals surface area (Å²) in [4.78, 5) is 2.62.